The lowest BCUT2D eigenvalue weighted by Crippen LogP contribution is -2.24. The average Bonchev–Trinajstić information content (AvgIpc) is 2.78. The average molecular weight is 284 g/mol. The van der Waals surface area contributed by atoms with E-state index >= 15 is 0 Å². The van der Waals surface area contributed by atoms with Gasteiger partial charge in [0.1, 0.15) is 0 Å². The monoisotopic (exact) mass is 283 g/mol. The van der Waals surface area contributed by atoms with E-state index in [4.69, 9.17) is 11.6 Å². The van der Waals surface area contributed by atoms with E-state index in [0.717, 1.165) is 9.21 Å². The fourth-order valence-electron chi connectivity index (χ4n) is 1.63. The summed E-state index contributed by atoms with van der Waals surface area (Å²) in [5, 5.41) is 3.12. The van der Waals surface area contributed by atoms with Crippen LogP contribution in [0.2, 0.25) is 4.34 Å². The second-order valence-electron chi connectivity index (χ2n) is 3.87. The predicted molar refractivity (Wildman–Crippen MR) is 75.5 cm³/mol. The van der Waals surface area contributed by atoms with Gasteiger partial charge in [-0.15, -0.1) is 11.3 Å². The Morgan fingerprint density at radius 1 is 1.56 bits per heavy atom. The van der Waals surface area contributed by atoms with Crippen molar-refractivity contribution < 1.29 is 0 Å². The second kappa shape index (κ2) is 5.54. The van der Waals surface area contributed by atoms with Gasteiger partial charge in [0.15, 0.2) is 5.82 Å². The molecule has 2 rings (SSSR count). The van der Waals surface area contributed by atoms with Gasteiger partial charge in [-0.3, -0.25) is 4.79 Å². The molecule has 2 aromatic heterocycles. The molecule has 0 saturated heterocycles. The van der Waals surface area contributed by atoms with Crippen LogP contribution in [0, 0.1) is 0 Å². The smallest absolute Gasteiger partial charge is 0.293 e. The number of halogens is 1. The molecule has 1 atom stereocenters. The number of hydrogen-bond acceptors (Lipinski definition) is 4. The van der Waals surface area contributed by atoms with E-state index in [0.29, 0.717) is 12.4 Å². The highest BCUT2D eigenvalue weighted by Gasteiger charge is 2.11. The Morgan fingerprint density at radius 2 is 2.33 bits per heavy atom. The molecule has 6 heteroatoms. The Bertz CT molecular complexity index is 593. The molecular weight excluding hydrogens is 270 g/mol. The van der Waals surface area contributed by atoms with Gasteiger partial charge in [-0.1, -0.05) is 11.6 Å². The molecule has 0 radical (unpaired) electrons. The molecule has 18 heavy (non-hydrogen) atoms. The van der Waals surface area contributed by atoms with Gasteiger partial charge >= 0.3 is 0 Å². The van der Waals surface area contributed by atoms with Gasteiger partial charge in [-0.25, -0.2) is 4.98 Å². The largest absolute Gasteiger partial charge is 0.358 e. The Hall–Kier alpha value is -1.33. The minimum atomic E-state index is -0.102. The molecule has 96 valence electrons. The van der Waals surface area contributed by atoms with Crippen LogP contribution in [-0.4, -0.2) is 9.55 Å². The van der Waals surface area contributed by atoms with E-state index in [1.807, 2.05) is 26.0 Å². The first-order valence-electron chi connectivity index (χ1n) is 5.69. The van der Waals surface area contributed by atoms with E-state index < -0.39 is 0 Å². The number of hydrogen-bond donors (Lipinski definition) is 1. The predicted octanol–water partition coefficient (Wildman–Crippen LogP) is 3.15. The number of aromatic nitrogens is 2. The van der Waals surface area contributed by atoms with Gasteiger partial charge in [-0.05, 0) is 26.0 Å². The van der Waals surface area contributed by atoms with Crippen molar-refractivity contribution in [2.75, 3.05) is 5.32 Å². The maximum Gasteiger partial charge on any atom is 0.293 e. The molecule has 4 nitrogen and oxygen atoms in total. The summed E-state index contributed by atoms with van der Waals surface area (Å²) in [6, 6.07) is 3.81. The Kier molecular flexibility index (Phi) is 4.04. The van der Waals surface area contributed by atoms with Crippen LogP contribution in [-0.2, 0) is 6.54 Å². The van der Waals surface area contributed by atoms with Crippen molar-refractivity contribution >= 4 is 28.8 Å². The van der Waals surface area contributed by atoms with Gasteiger partial charge in [0.25, 0.3) is 5.56 Å². The molecule has 2 aromatic rings. The number of nitrogens with zero attached hydrogens (tertiary/aromatic N) is 2. The Labute approximate surface area is 114 Å². The summed E-state index contributed by atoms with van der Waals surface area (Å²) < 4.78 is 2.36. The number of thiophene rings is 1. The fraction of sp³-hybridized carbons (Fsp3) is 0.333. The van der Waals surface area contributed by atoms with Crippen LogP contribution >= 0.6 is 22.9 Å². The molecule has 1 N–H and O–H groups in total. The van der Waals surface area contributed by atoms with Crippen LogP contribution in [0.5, 0.6) is 0 Å². The zero-order valence-electron chi connectivity index (χ0n) is 10.2. The first-order valence-corrected chi connectivity index (χ1v) is 6.88. The van der Waals surface area contributed by atoms with Crippen LogP contribution in [0.25, 0.3) is 0 Å². The molecule has 0 amide bonds. The van der Waals surface area contributed by atoms with E-state index in [2.05, 4.69) is 10.3 Å². The first-order chi connectivity index (χ1) is 8.61. The zero-order valence-corrected chi connectivity index (χ0v) is 11.8. The normalized spacial score (nSPS) is 12.4. The van der Waals surface area contributed by atoms with E-state index in [1.165, 1.54) is 11.3 Å². The molecule has 0 fully saturated rings. The van der Waals surface area contributed by atoms with Crippen LogP contribution < -0.4 is 10.9 Å². The lowest BCUT2D eigenvalue weighted by atomic mass is 10.3. The van der Waals surface area contributed by atoms with Crippen molar-refractivity contribution in [1.29, 1.82) is 0 Å². The molecule has 0 spiro atoms. The summed E-state index contributed by atoms with van der Waals surface area (Å²) in [6.45, 7) is 4.54. The molecule has 0 saturated carbocycles. The van der Waals surface area contributed by atoms with Crippen LogP contribution in [0.3, 0.4) is 0 Å². The van der Waals surface area contributed by atoms with Gasteiger partial charge < -0.3 is 9.88 Å². The van der Waals surface area contributed by atoms with Gasteiger partial charge in [0.2, 0.25) is 0 Å². The number of rotatable bonds is 4. The Morgan fingerprint density at radius 3 is 2.94 bits per heavy atom. The number of nitrogens with one attached hydrogen (secondary N) is 1. The quantitative estimate of drug-likeness (QED) is 0.938. The molecule has 0 aliphatic carbocycles. The van der Waals surface area contributed by atoms with Crippen molar-refractivity contribution in [2.24, 2.45) is 0 Å². The number of anilines is 1. The van der Waals surface area contributed by atoms with Gasteiger partial charge in [0, 0.05) is 23.8 Å². The summed E-state index contributed by atoms with van der Waals surface area (Å²) >= 11 is 7.39. The summed E-state index contributed by atoms with van der Waals surface area (Å²) in [5.74, 6) is 0.372. The van der Waals surface area contributed by atoms with Crippen LogP contribution in [0.15, 0.2) is 29.3 Å². The third-order valence-electron chi connectivity index (χ3n) is 2.63. The molecule has 1 unspecified atom stereocenters. The maximum atomic E-state index is 12.0. The lowest BCUT2D eigenvalue weighted by Gasteiger charge is -2.13. The zero-order chi connectivity index (χ0) is 13.1. The summed E-state index contributed by atoms with van der Waals surface area (Å²) in [4.78, 5) is 17.2. The van der Waals surface area contributed by atoms with Crippen molar-refractivity contribution in [1.82, 2.24) is 9.55 Å². The topological polar surface area (TPSA) is 46.9 Å². The van der Waals surface area contributed by atoms with E-state index in [9.17, 15) is 4.79 Å². The molecule has 2 heterocycles. The summed E-state index contributed by atoms with van der Waals surface area (Å²) in [5.41, 5.74) is -0.102. The highest BCUT2D eigenvalue weighted by atomic mass is 35.5. The van der Waals surface area contributed by atoms with Crippen molar-refractivity contribution in [3.63, 3.8) is 0 Å². The SMILES string of the molecule is CCn1ccnc(NC(C)c2ccc(Cl)s2)c1=O. The van der Waals surface area contributed by atoms with Crippen molar-refractivity contribution in [2.45, 2.75) is 26.4 Å². The van der Waals surface area contributed by atoms with Gasteiger partial charge in [0.05, 0.1) is 10.4 Å². The minimum absolute atomic E-state index is 0.00964. The minimum Gasteiger partial charge on any atom is -0.358 e. The molecule has 0 aliphatic rings. The standard InChI is InChI=1S/C12H14ClN3OS/c1-3-16-7-6-14-11(12(16)17)15-8(2)9-4-5-10(13)18-9/h4-8H,3H2,1-2H3,(H,14,15). The summed E-state index contributed by atoms with van der Waals surface area (Å²) in [7, 11) is 0. The molecule has 0 aromatic carbocycles. The van der Waals surface area contributed by atoms with Crippen LogP contribution in [0.4, 0.5) is 5.82 Å². The fourth-order valence-corrected chi connectivity index (χ4v) is 2.70. The van der Waals surface area contributed by atoms with Crippen molar-refractivity contribution in [3.05, 3.63) is 44.1 Å². The van der Waals surface area contributed by atoms with Crippen LogP contribution in [0.1, 0.15) is 24.8 Å². The van der Waals surface area contributed by atoms with E-state index in [-0.39, 0.29) is 11.6 Å². The Balaban J connectivity index is 2.22. The second-order valence-corrected chi connectivity index (χ2v) is 5.62. The molecule has 0 aliphatic heterocycles. The highest BCUT2D eigenvalue weighted by Crippen LogP contribution is 2.27. The maximum absolute atomic E-state index is 12.0. The van der Waals surface area contributed by atoms with Gasteiger partial charge in [-0.2, -0.15) is 0 Å². The highest BCUT2D eigenvalue weighted by molar-refractivity contribution is 7.16. The van der Waals surface area contributed by atoms with E-state index in [1.54, 1.807) is 17.0 Å². The summed E-state index contributed by atoms with van der Waals surface area (Å²) in [6.07, 6.45) is 3.31. The lowest BCUT2D eigenvalue weighted by molar-refractivity contribution is 0.715. The molecule has 0 bridgehead atoms. The molecular formula is C12H14ClN3OS. The van der Waals surface area contributed by atoms with Crippen molar-refractivity contribution in [3.8, 4) is 0 Å². The number of aryl methyl sites for hydroxylation is 1. The third-order valence-corrected chi connectivity index (χ3v) is 4.04. The third kappa shape index (κ3) is 2.73. The first kappa shape index (κ1) is 13.1.